The van der Waals surface area contributed by atoms with Crippen LogP contribution in [-0.2, 0) is 0 Å². The fraction of sp³-hybridized carbons (Fsp3) is 0.429. The van der Waals surface area contributed by atoms with Crippen molar-refractivity contribution in [3.05, 3.63) is 28.8 Å². The van der Waals surface area contributed by atoms with E-state index in [9.17, 15) is 0 Å². The van der Waals surface area contributed by atoms with Gasteiger partial charge in [-0.05, 0) is 43.4 Å². The molecule has 0 fully saturated rings. The lowest BCUT2D eigenvalue weighted by Gasteiger charge is -2.18. The van der Waals surface area contributed by atoms with Crippen molar-refractivity contribution < 1.29 is 0 Å². The van der Waals surface area contributed by atoms with Gasteiger partial charge < -0.3 is 0 Å². The van der Waals surface area contributed by atoms with Gasteiger partial charge >= 0.3 is 0 Å². The van der Waals surface area contributed by atoms with Gasteiger partial charge in [-0.2, -0.15) is 0 Å². The summed E-state index contributed by atoms with van der Waals surface area (Å²) in [6.07, 6.45) is 2.33. The van der Waals surface area contributed by atoms with Gasteiger partial charge in [-0.25, -0.2) is 4.98 Å². The molecule has 0 spiro atoms. The summed E-state index contributed by atoms with van der Waals surface area (Å²) in [6.45, 7) is 5.34. The highest BCUT2D eigenvalue weighted by atomic mass is 32.1. The number of rotatable bonds is 1. The van der Waals surface area contributed by atoms with E-state index < -0.39 is 0 Å². The molecule has 2 heterocycles. The smallest absolute Gasteiger partial charge is 0.0907 e. The summed E-state index contributed by atoms with van der Waals surface area (Å²) in [4.78, 5) is 9.21. The highest BCUT2D eigenvalue weighted by Gasteiger charge is 2.14. The summed E-state index contributed by atoms with van der Waals surface area (Å²) in [6, 6.07) is 6.56. The Morgan fingerprint density at radius 2 is 2.24 bits per heavy atom. The van der Waals surface area contributed by atoms with E-state index in [1.54, 1.807) is 11.3 Å². The monoisotopic (exact) mass is 244 g/mol. The van der Waals surface area contributed by atoms with Crippen molar-refractivity contribution >= 4 is 27.3 Å². The molecular weight excluding hydrogens is 228 g/mol. The second kappa shape index (κ2) is 4.22. The highest BCUT2D eigenvalue weighted by Crippen LogP contribution is 2.25. The van der Waals surface area contributed by atoms with E-state index in [2.05, 4.69) is 42.0 Å². The van der Waals surface area contributed by atoms with E-state index >= 15 is 0 Å². The maximum Gasteiger partial charge on any atom is 0.0907 e. The molecule has 0 saturated heterocycles. The number of aryl methyl sites for hydroxylation is 1. The number of hydrogen-bond acceptors (Lipinski definition) is 3. The zero-order chi connectivity index (χ0) is 11.8. The first-order valence-corrected chi connectivity index (χ1v) is 6.95. The Labute approximate surface area is 105 Å². The Morgan fingerprint density at radius 3 is 3.06 bits per heavy atom. The molecule has 3 rings (SSSR count). The molecule has 2 aromatic rings. The first kappa shape index (κ1) is 10.9. The maximum atomic E-state index is 4.66. The molecule has 1 atom stereocenters. The summed E-state index contributed by atoms with van der Waals surface area (Å²) < 4.78 is 1.27. The number of aliphatic imine (C=N–C) groups is 1. The van der Waals surface area contributed by atoms with E-state index in [0.29, 0.717) is 0 Å². The molecule has 1 aliphatic heterocycles. The molecule has 2 nitrogen and oxygen atoms in total. The maximum absolute atomic E-state index is 4.66. The van der Waals surface area contributed by atoms with Gasteiger partial charge in [-0.15, -0.1) is 11.3 Å². The van der Waals surface area contributed by atoms with Crippen LogP contribution in [0.15, 0.2) is 23.2 Å². The number of nitrogens with zero attached hydrogens (tertiary/aromatic N) is 2. The number of benzene rings is 1. The Kier molecular flexibility index (Phi) is 2.71. The third kappa shape index (κ3) is 2.12. The molecule has 0 bridgehead atoms. The number of thiazole rings is 1. The van der Waals surface area contributed by atoms with Crippen molar-refractivity contribution in [2.24, 2.45) is 10.9 Å². The van der Waals surface area contributed by atoms with E-state index in [0.717, 1.165) is 29.4 Å². The first-order chi connectivity index (χ1) is 8.22. The van der Waals surface area contributed by atoms with Crippen LogP contribution in [0.3, 0.4) is 0 Å². The largest absolute Gasteiger partial charge is 0.289 e. The Hall–Kier alpha value is -1.22. The van der Waals surface area contributed by atoms with Gasteiger partial charge in [0.15, 0.2) is 0 Å². The number of hydrogen-bond donors (Lipinski definition) is 0. The van der Waals surface area contributed by atoms with Crippen molar-refractivity contribution in [2.75, 3.05) is 6.54 Å². The molecule has 0 radical (unpaired) electrons. The lowest BCUT2D eigenvalue weighted by atomic mass is 9.93. The summed E-state index contributed by atoms with van der Waals surface area (Å²) >= 11 is 1.76. The molecule has 3 heteroatoms. The third-order valence-electron chi connectivity index (χ3n) is 3.29. The molecule has 0 amide bonds. The lowest BCUT2D eigenvalue weighted by Crippen LogP contribution is -2.14. The molecule has 1 aromatic heterocycles. The van der Waals surface area contributed by atoms with Gasteiger partial charge in [0.1, 0.15) is 0 Å². The van der Waals surface area contributed by atoms with Crippen molar-refractivity contribution in [3.8, 4) is 0 Å². The normalized spacial score (nSPS) is 20.6. The van der Waals surface area contributed by atoms with Gasteiger partial charge in [0.2, 0.25) is 0 Å². The molecule has 0 N–H and O–H groups in total. The Balaban J connectivity index is 2.02. The average Bonchev–Trinajstić information content (AvgIpc) is 2.68. The minimum absolute atomic E-state index is 0.760. The molecule has 1 aromatic carbocycles. The Bertz CT molecular complexity index is 583. The summed E-state index contributed by atoms with van der Waals surface area (Å²) in [5, 5.41) is 1.14. The van der Waals surface area contributed by atoms with E-state index in [1.165, 1.54) is 22.4 Å². The predicted octanol–water partition coefficient (Wildman–Crippen LogP) is 3.82. The molecule has 0 aliphatic carbocycles. The van der Waals surface area contributed by atoms with Crippen LogP contribution in [0.4, 0.5) is 0 Å². The number of aromatic nitrogens is 1. The van der Waals surface area contributed by atoms with Gasteiger partial charge in [0, 0.05) is 12.3 Å². The van der Waals surface area contributed by atoms with Crippen molar-refractivity contribution in [2.45, 2.75) is 26.7 Å². The molecular formula is C14H16N2S. The van der Waals surface area contributed by atoms with Gasteiger partial charge in [0.05, 0.1) is 15.2 Å². The summed E-state index contributed by atoms with van der Waals surface area (Å²) in [7, 11) is 0. The van der Waals surface area contributed by atoms with Crippen LogP contribution in [0.5, 0.6) is 0 Å². The number of fused-ring (bicyclic) bond motifs is 1. The highest BCUT2D eigenvalue weighted by molar-refractivity contribution is 7.18. The molecule has 88 valence electrons. The second-order valence-corrected chi connectivity index (χ2v) is 6.08. The zero-order valence-corrected chi connectivity index (χ0v) is 11.0. The van der Waals surface area contributed by atoms with E-state index in [4.69, 9.17) is 0 Å². The van der Waals surface area contributed by atoms with Crippen molar-refractivity contribution in [1.29, 1.82) is 0 Å². The molecule has 17 heavy (non-hydrogen) atoms. The minimum Gasteiger partial charge on any atom is -0.289 e. The van der Waals surface area contributed by atoms with Gasteiger partial charge in [-0.1, -0.05) is 13.0 Å². The first-order valence-electron chi connectivity index (χ1n) is 6.13. The van der Waals surface area contributed by atoms with Crippen LogP contribution >= 0.6 is 11.3 Å². The fourth-order valence-corrected chi connectivity index (χ4v) is 3.16. The van der Waals surface area contributed by atoms with E-state index in [1.807, 2.05) is 0 Å². The van der Waals surface area contributed by atoms with Crippen LogP contribution in [0.25, 0.3) is 10.2 Å². The summed E-state index contributed by atoms with van der Waals surface area (Å²) in [5.74, 6) is 0.760. The SMILES string of the molecule is Cc1nc2cc(C3=NCCC(C)C3)ccc2s1. The topological polar surface area (TPSA) is 25.2 Å². The minimum atomic E-state index is 0.760. The van der Waals surface area contributed by atoms with Crippen LogP contribution < -0.4 is 0 Å². The predicted molar refractivity (Wildman–Crippen MR) is 74.2 cm³/mol. The summed E-state index contributed by atoms with van der Waals surface area (Å²) in [5.41, 5.74) is 3.64. The lowest BCUT2D eigenvalue weighted by molar-refractivity contribution is 0.542. The second-order valence-electron chi connectivity index (χ2n) is 4.84. The van der Waals surface area contributed by atoms with Crippen molar-refractivity contribution in [1.82, 2.24) is 4.98 Å². The van der Waals surface area contributed by atoms with E-state index in [-0.39, 0.29) is 0 Å². The van der Waals surface area contributed by atoms with Crippen LogP contribution in [0, 0.1) is 12.8 Å². The van der Waals surface area contributed by atoms with Crippen LogP contribution in [0.2, 0.25) is 0 Å². The quantitative estimate of drug-likeness (QED) is 0.748. The van der Waals surface area contributed by atoms with Gasteiger partial charge in [0.25, 0.3) is 0 Å². The Morgan fingerprint density at radius 1 is 1.35 bits per heavy atom. The fourth-order valence-electron chi connectivity index (χ4n) is 2.35. The van der Waals surface area contributed by atoms with Crippen molar-refractivity contribution in [3.63, 3.8) is 0 Å². The van der Waals surface area contributed by atoms with Gasteiger partial charge in [-0.3, -0.25) is 4.99 Å². The molecule has 1 aliphatic rings. The molecule has 1 unspecified atom stereocenters. The molecule has 0 saturated carbocycles. The average molecular weight is 244 g/mol. The van der Waals surface area contributed by atoms with Crippen LogP contribution in [-0.4, -0.2) is 17.2 Å². The third-order valence-corrected chi connectivity index (χ3v) is 4.25. The standard InChI is InChI=1S/C14H16N2S/c1-9-5-6-15-12(7-9)11-3-4-14-13(8-11)16-10(2)17-14/h3-4,8-9H,5-7H2,1-2H3. The van der Waals surface area contributed by atoms with Crippen LogP contribution in [0.1, 0.15) is 30.3 Å². The zero-order valence-electron chi connectivity index (χ0n) is 10.2.